The van der Waals surface area contributed by atoms with E-state index in [1.54, 1.807) is 6.07 Å². The number of aromatic nitrogens is 1. The van der Waals surface area contributed by atoms with Crippen LogP contribution in [0.15, 0.2) is 24.4 Å². The average Bonchev–Trinajstić information content (AvgIpc) is 3.02. The highest BCUT2D eigenvalue weighted by Gasteiger charge is 2.19. The van der Waals surface area contributed by atoms with E-state index in [9.17, 15) is 4.79 Å². The Labute approximate surface area is 134 Å². The number of carbonyl (C=O) groups is 1. The summed E-state index contributed by atoms with van der Waals surface area (Å²) in [5, 5.41) is 0. The highest BCUT2D eigenvalue weighted by atomic mass is 35.5. The van der Waals surface area contributed by atoms with Gasteiger partial charge in [0.25, 0.3) is 5.91 Å². The number of nitrogens with two attached hydrogens (primary N) is 1. The predicted molar refractivity (Wildman–Crippen MR) is 88.9 cm³/mol. The monoisotopic (exact) mass is 325 g/mol. The summed E-state index contributed by atoms with van der Waals surface area (Å²) < 4.78 is 2.67. The van der Waals surface area contributed by atoms with E-state index in [-0.39, 0.29) is 5.91 Å². The number of rotatable bonds is 6. The number of anilines is 1. The molecule has 0 aromatic carbocycles. The molecule has 0 radical (unpaired) electrons. The number of thiophene rings is 1. The highest BCUT2D eigenvalue weighted by Crippen LogP contribution is 2.23. The molecule has 2 heterocycles. The molecule has 0 fully saturated rings. The fourth-order valence-electron chi connectivity index (χ4n) is 2.25. The van der Waals surface area contributed by atoms with Crippen LogP contribution in [-0.4, -0.2) is 21.9 Å². The van der Waals surface area contributed by atoms with E-state index in [1.807, 2.05) is 34.7 Å². The Bertz CT molecular complexity index is 620. The molecule has 6 heteroatoms. The molecule has 1 amide bonds. The Hall–Kier alpha value is -1.46. The van der Waals surface area contributed by atoms with Crippen LogP contribution >= 0.6 is 22.9 Å². The standard InChI is InChI=1S/C15H20ClN3OS/c1-3-7-19-9-11(17)8-13(19)15(20)18(4-2)10-12-5-6-14(16)21-12/h5-6,8-9H,3-4,7,10,17H2,1-2H3. The Morgan fingerprint density at radius 2 is 2.19 bits per heavy atom. The van der Waals surface area contributed by atoms with Crippen LogP contribution in [0, 0.1) is 0 Å². The molecule has 4 nitrogen and oxygen atoms in total. The van der Waals surface area contributed by atoms with Gasteiger partial charge in [-0.05, 0) is 31.5 Å². The Balaban J connectivity index is 2.19. The smallest absolute Gasteiger partial charge is 0.270 e. The van der Waals surface area contributed by atoms with Crippen molar-refractivity contribution in [2.75, 3.05) is 12.3 Å². The lowest BCUT2D eigenvalue weighted by molar-refractivity contribution is 0.0743. The number of nitrogens with zero attached hydrogens (tertiary/aromatic N) is 2. The van der Waals surface area contributed by atoms with Gasteiger partial charge in [-0.15, -0.1) is 11.3 Å². The molecule has 2 aromatic heterocycles. The minimum absolute atomic E-state index is 0.00664. The SMILES string of the molecule is CCCn1cc(N)cc1C(=O)N(CC)Cc1ccc(Cl)s1. The molecule has 0 saturated heterocycles. The molecule has 2 N–H and O–H groups in total. The summed E-state index contributed by atoms with van der Waals surface area (Å²) in [6, 6.07) is 5.57. The van der Waals surface area contributed by atoms with Crippen LogP contribution in [0.3, 0.4) is 0 Å². The van der Waals surface area contributed by atoms with Crippen molar-refractivity contribution in [2.24, 2.45) is 0 Å². The van der Waals surface area contributed by atoms with Crippen molar-refractivity contribution in [3.8, 4) is 0 Å². The summed E-state index contributed by atoms with van der Waals surface area (Å²) in [7, 11) is 0. The number of halogens is 1. The van der Waals surface area contributed by atoms with Gasteiger partial charge in [-0.1, -0.05) is 18.5 Å². The molecule has 0 aliphatic rings. The molecule has 0 saturated carbocycles. The Morgan fingerprint density at radius 3 is 2.76 bits per heavy atom. The second-order valence-electron chi connectivity index (χ2n) is 4.88. The summed E-state index contributed by atoms with van der Waals surface area (Å²) in [5.41, 5.74) is 7.12. The van der Waals surface area contributed by atoms with Gasteiger partial charge in [0.1, 0.15) is 5.69 Å². The van der Waals surface area contributed by atoms with Gasteiger partial charge in [-0.3, -0.25) is 4.79 Å². The van der Waals surface area contributed by atoms with Crippen LogP contribution < -0.4 is 5.73 Å². The molecular weight excluding hydrogens is 306 g/mol. The minimum atomic E-state index is 0.00664. The van der Waals surface area contributed by atoms with Gasteiger partial charge in [0.2, 0.25) is 0 Å². The summed E-state index contributed by atoms with van der Waals surface area (Å²) in [6.07, 6.45) is 2.79. The van der Waals surface area contributed by atoms with E-state index in [0.717, 1.165) is 22.2 Å². The number of aryl methyl sites for hydroxylation is 1. The normalized spacial score (nSPS) is 10.8. The highest BCUT2D eigenvalue weighted by molar-refractivity contribution is 7.16. The maximum absolute atomic E-state index is 12.7. The van der Waals surface area contributed by atoms with Crippen molar-refractivity contribution < 1.29 is 4.79 Å². The molecule has 0 spiro atoms. The first-order valence-electron chi connectivity index (χ1n) is 7.04. The third kappa shape index (κ3) is 3.80. The van der Waals surface area contributed by atoms with E-state index < -0.39 is 0 Å². The van der Waals surface area contributed by atoms with Crippen molar-refractivity contribution in [1.82, 2.24) is 9.47 Å². The van der Waals surface area contributed by atoms with Crippen molar-refractivity contribution in [1.29, 1.82) is 0 Å². The summed E-state index contributed by atoms with van der Waals surface area (Å²) in [5.74, 6) is 0.00664. The van der Waals surface area contributed by atoms with Gasteiger partial charge in [0.15, 0.2) is 0 Å². The topological polar surface area (TPSA) is 51.3 Å². The van der Waals surface area contributed by atoms with Crippen LogP contribution in [0.25, 0.3) is 0 Å². The molecule has 0 aliphatic carbocycles. The third-order valence-corrected chi connectivity index (χ3v) is 4.46. The third-order valence-electron chi connectivity index (χ3n) is 3.25. The van der Waals surface area contributed by atoms with Crippen LogP contribution in [-0.2, 0) is 13.1 Å². The Morgan fingerprint density at radius 1 is 1.43 bits per heavy atom. The maximum Gasteiger partial charge on any atom is 0.270 e. The van der Waals surface area contributed by atoms with E-state index in [4.69, 9.17) is 17.3 Å². The van der Waals surface area contributed by atoms with E-state index in [0.29, 0.717) is 24.5 Å². The van der Waals surface area contributed by atoms with Gasteiger partial charge in [-0.25, -0.2) is 0 Å². The van der Waals surface area contributed by atoms with Crippen LogP contribution in [0.2, 0.25) is 4.34 Å². The number of hydrogen-bond donors (Lipinski definition) is 1. The maximum atomic E-state index is 12.7. The number of hydrogen-bond acceptors (Lipinski definition) is 3. The van der Waals surface area contributed by atoms with Crippen molar-refractivity contribution >= 4 is 34.5 Å². The second-order valence-corrected chi connectivity index (χ2v) is 6.68. The molecule has 0 unspecified atom stereocenters. The molecular formula is C15H20ClN3OS. The Kier molecular flexibility index (Phi) is 5.31. The zero-order valence-electron chi connectivity index (χ0n) is 12.3. The predicted octanol–water partition coefficient (Wildman–Crippen LogP) is 3.86. The lowest BCUT2D eigenvalue weighted by Gasteiger charge is -2.21. The lowest BCUT2D eigenvalue weighted by Crippen LogP contribution is -2.31. The van der Waals surface area contributed by atoms with Crippen LogP contribution in [0.1, 0.15) is 35.6 Å². The summed E-state index contributed by atoms with van der Waals surface area (Å²) in [6.45, 7) is 6.06. The molecule has 2 aromatic rings. The molecule has 0 aliphatic heterocycles. The molecule has 114 valence electrons. The van der Waals surface area contributed by atoms with E-state index in [1.165, 1.54) is 11.3 Å². The molecule has 0 atom stereocenters. The largest absolute Gasteiger partial charge is 0.397 e. The van der Waals surface area contributed by atoms with Crippen LogP contribution in [0.5, 0.6) is 0 Å². The van der Waals surface area contributed by atoms with Gasteiger partial charge in [0, 0.05) is 24.2 Å². The van der Waals surface area contributed by atoms with E-state index >= 15 is 0 Å². The van der Waals surface area contributed by atoms with Gasteiger partial charge >= 0.3 is 0 Å². The number of carbonyl (C=O) groups excluding carboxylic acids is 1. The molecule has 0 bridgehead atoms. The second kappa shape index (κ2) is 7.00. The van der Waals surface area contributed by atoms with Crippen LogP contribution in [0.4, 0.5) is 5.69 Å². The zero-order valence-corrected chi connectivity index (χ0v) is 13.9. The lowest BCUT2D eigenvalue weighted by atomic mass is 10.3. The van der Waals surface area contributed by atoms with Crippen molar-refractivity contribution in [3.63, 3.8) is 0 Å². The van der Waals surface area contributed by atoms with Gasteiger partial charge in [0.05, 0.1) is 16.6 Å². The molecule has 21 heavy (non-hydrogen) atoms. The zero-order chi connectivity index (χ0) is 15.4. The van der Waals surface area contributed by atoms with Crippen molar-refractivity contribution in [2.45, 2.75) is 33.4 Å². The first-order chi connectivity index (χ1) is 10.0. The van der Waals surface area contributed by atoms with Crippen molar-refractivity contribution in [3.05, 3.63) is 39.3 Å². The quantitative estimate of drug-likeness (QED) is 0.876. The fourth-order valence-corrected chi connectivity index (χ4v) is 3.36. The number of nitrogen functional groups attached to an aromatic ring is 1. The first-order valence-corrected chi connectivity index (χ1v) is 8.23. The summed E-state index contributed by atoms with van der Waals surface area (Å²) in [4.78, 5) is 15.6. The molecule has 2 rings (SSSR count). The average molecular weight is 326 g/mol. The number of amides is 1. The summed E-state index contributed by atoms with van der Waals surface area (Å²) >= 11 is 7.45. The van der Waals surface area contributed by atoms with E-state index in [2.05, 4.69) is 6.92 Å². The minimum Gasteiger partial charge on any atom is -0.397 e. The van der Waals surface area contributed by atoms with Gasteiger partial charge in [-0.2, -0.15) is 0 Å². The van der Waals surface area contributed by atoms with Gasteiger partial charge < -0.3 is 15.2 Å². The fraction of sp³-hybridized carbons (Fsp3) is 0.400. The first kappa shape index (κ1) is 15.9.